The van der Waals surface area contributed by atoms with Crippen molar-refractivity contribution in [2.45, 2.75) is 38.4 Å². The van der Waals surface area contributed by atoms with E-state index in [1.54, 1.807) is 0 Å². The van der Waals surface area contributed by atoms with Gasteiger partial charge in [0.2, 0.25) is 0 Å². The average molecular weight is 275 g/mol. The largest absolute Gasteiger partial charge is 0.468 e. The van der Waals surface area contributed by atoms with Gasteiger partial charge in [0.1, 0.15) is 12.3 Å². The Labute approximate surface area is 119 Å². The molecule has 4 heteroatoms. The topological polar surface area (TPSA) is 46.6 Å². The van der Waals surface area contributed by atoms with Crippen molar-refractivity contribution >= 4 is 12.3 Å². The Morgan fingerprint density at radius 3 is 2.65 bits per heavy atom. The van der Waals surface area contributed by atoms with E-state index in [0.717, 1.165) is 18.3 Å². The minimum Gasteiger partial charge on any atom is -0.468 e. The third-order valence-corrected chi connectivity index (χ3v) is 4.14. The summed E-state index contributed by atoms with van der Waals surface area (Å²) in [5, 5.41) is 0. The lowest BCUT2D eigenvalue weighted by Gasteiger charge is -2.26. The summed E-state index contributed by atoms with van der Waals surface area (Å²) >= 11 is 0. The molecule has 108 valence electrons. The number of nitrogens with zero attached hydrogens (tertiary/aromatic N) is 1. The zero-order valence-electron chi connectivity index (χ0n) is 12.0. The normalized spacial score (nSPS) is 26.4. The second-order valence-corrected chi connectivity index (χ2v) is 5.23. The molecule has 0 bridgehead atoms. The predicted octanol–water partition coefficient (Wildman–Crippen LogP) is 2.03. The van der Waals surface area contributed by atoms with Crippen molar-refractivity contribution < 1.29 is 14.3 Å². The van der Waals surface area contributed by atoms with Gasteiger partial charge in [-0.25, -0.2) is 0 Å². The number of hydrogen-bond donors (Lipinski definition) is 0. The summed E-state index contributed by atoms with van der Waals surface area (Å²) < 4.78 is 4.89. The number of methoxy groups -OCH3 is 1. The van der Waals surface area contributed by atoms with E-state index in [9.17, 15) is 9.59 Å². The van der Waals surface area contributed by atoms with Crippen LogP contribution in [0.3, 0.4) is 0 Å². The zero-order chi connectivity index (χ0) is 14.5. The maximum atomic E-state index is 12.0. The summed E-state index contributed by atoms with van der Waals surface area (Å²) in [7, 11) is 1.40. The summed E-state index contributed by atoms with van der Waals surface area (Å²) in [6.07, 6.45) is 2.56. The molecular weight excluding hydrogens is 254 g/mol. The van der Waals surface area contributed by atoms with E-state index in [0.29, 0.717) is 13.0 Å². The number of carbonyl (C=O) groups excluding carboxylic acids is 2. The van der Waals surface area contributed by atoms with E-state index in [1.165, 1.54) is 7.11 Å². The summed E-state index contributed by atoms with van der Waals surface area (Å²) in [5.74, 6) is -0.0240. The number of benzene rings is 1. The van der Waals surface area contributed by atoms with Gasteiger partial charge in [0.15, 0.2) is 0 Å². The van der Waals surface area contributed by atoms with Crippen molar-refractivity contribution in [3.63, 3.8) is 0 Å². The number of aldehydes is 1. The zero-order valence-corrected chi connectivity index (χ0v) is 12.0. The van der Waals surface area contributed by atoms with Crippen LogP contribution >= 0.6 is 0 Å². The first-order valence-electron chi connectivity index (χ1n) is 7.04. The third-order valence-electron chi connectivity index (χ3n) is 4.14. The number of carbonyl (C=O) groups is 2. The summed E-state index contributed by atoms with van der Waals surface area (Å²) in [5.41, 5.74) is 1.10. The van der Waals surface area contributed by atoms with Gasteiger partial charge in [-0.15, -0.1) is 0 Å². The second-order valence-electron chi connectivity index (χ2n) is 5.23. The van der Waals surface area contributed by atoms with Gasteiger partial charge in [-0.3, -0.25) is 9.69 Å². The van der Waals surface area contributed by atoms with Gasteiger partial charge in [-0.05, 0) is 17.9 Å². The molecule has 2 rings (SSSR count). The Morgan fingerprint density at radius 1 is 1.40 bits per heavy atom. The SMILES string of the molecule is CC[C@@H]1C[C@H](C(=O)OC)N(Cc2ccccc2)[C@H]1C=O. The summed E-state index contributed by atoms with van der Waals surface area (Å²) in [6, 6.07) is 9.38. The first kappa shape index (κ1) is 14.7. The molecule has 1 aliphatic rings. The maximum Gasteiger partial charge on any atom is 0.323 e. The van der Waals surface area contributed by atoms with Crippen LogP contribution in [-0.4, -0.2) is 36.3 Å². The minimum absolute atomic E-state index is 0.204. The Morgan fingerprint density at radius 2 is 2.10 bits per heavy atom. The van der Waals surface area contributed by atoms with Crippen molar-refractivity contribution in [3.05, 3.63) is 35.9 Å². The van der Waals surface area contributed by atoms with Gasteiger partial charge in [0.05, 0.1) is 13.2 Å². The van der Waals surface area contributed by atoms with E-state index in [4.69, 9.17) is 4.74 Å². The second kappa shape index (κ2) is 6.66. The maximum absolute atomic E-state index is 12.0. The Hall–Kier alpha value is -1.68. The molecule has 4 nitrogen and oxygen atoms in total. The fourth-order valence-corrected chi connectivity index (χ4v) is 3.02. The minimum atomic E-state index is -0.319. The quantitative estimate of drug-likeness (QED) is 0.609. The van der Waals surface area contributed by atoms with Crippen LogP contribution in [0.25, 0.3) is 0 Å². The molecular formula is C16H21NO3. The highest BCUT2D eigenvalue weighted by Crippen LogP contribution is 2.33. The first-order chi connectivity index (χ1) is 9.71. The lowest BCUT2D eigenvalue weighted by atomic mass is 9.97. The van der Waals surface area contributed by atoms with Crippen LogP contribution in [0.1, 0.15) is 25.3 Å². The molecule has 0 saturated carbocycles. The Bertz CT molecular complexity index is 460. The summed E-state index contributed by atoms with van der Waals surface area (Å²) in [4.78, 5) is 25.4. The van der Waals surface area contributed by atoms with E-state index in [-0.39, 0.29) is 24.0 Å². The molecule has 1 aliphatic heterocycles. The molecule has 20 heavy (non-hydrogen) atoms. The molecule has 0 unspecified atom stereocenters. The van der Waals surface area contributed by atoms with Crippen LogP contribution < -0.4 is 0 Å². The number of hydrogen-bond acceptors (Lipinski definition) is 4. The molecule has 1 aromatic carbocycles. The molecule has 3 atom stereocenters. The number of likely N-dealkylation sites (tertiary alicyclic amines) is 1. The van der Waals surface area contributed by atoms with Crippen LogP contribution in [0, 0.1) is 5.92 Å². The molecule has 0 aromatic heterocycles. The van der Waals surface area contributed by atoms with Gasteiger partial charge in [-0.1, -0.05) is 43.7 Å². The van der Waals surface area contributed by atoms with E-state index >= 15 is 0 Å². The molecule has 1 heterocycles. The molecule has 0 radical (unpaired) electrons. The highest BCUT2D eigenvalue weighted by atomic mass is 16.5. The third kappa shape index (κ3) is 2.90. The Kier molecular flexibility index (Phi) is 4.90. The van der Waals surface area contributed by atoms with Crippen molar-refractivity contribution in [1.82, 2.24) is 4.90 Å². The van der Waals surface area contributed by atoms with E-state index in [1.807, 2.05) is 35.2 Å². The fourth-order valence-electron chi connectivity index (χ4n) is 3.02. The lowest BCUT2D eigenvalue weighted by molar-refractivity contribution is -0.146. The van der Waals surface area contributed by atoms with Crippen LogP contribution in [0.5, 0.6) is 0 Å². The van der Waals surface area contributed by atoms with Gasteiger partial charge in [0, 0.05) is 6.54 Å². The van der Waals surface area contributed by atoms with Gasteiger partial charge < -0.3 is 9.53 Å². The number of esters is 1. The molecule has 0 aliphatic carbocycles. The van der Waals surface area contributed by atoms with Crippen LogP contribution in [0.15, 0.2) is 30.3 Å². The van der Waals surface area contributed by atoms with E-state index < -0.39 is 0 Å². The van der Waals surface area contributed by atoms with Gasteiger partial charge >= 0.3 is 5.97 Å². The standard InChI is InChI=1S/C16H21NO3/c1-3-13-9-14(16(19)20-2)17(15(13)11-18)10-12-7-5-4-6-8-12/h4-8,11,13-15H,3,9-10H2,1-2H3/t13-,14-,15+/m1/s1. The monoisotopic (exact) mass is 275 g/mol. The molecule has 0 spiro atoms. The highest BCUT2D eigenvalue weighted by molar-refractivity contribution is 5.77. The van der Waals surface area contributed by atoms with Crippen molar-refractivity contribution in [2.24, 2.45) is 5.92 Å². The molecule has 1 saturated heterocycles. The highest BCUT2D eigenvalue weighted by Gasteiger charge is 2.43. The number of rotatable bonds is 5. The molecule has 0 amide bonds. The van der Waals surface area contributed by atoms with Crippen LogP contribution in [-0.2, 0) is 20.9 Å². The van der Waals surface area contributed by atoms with Crippen molar-refractivity contribution in [2.75, 3.05) is 7.11 Å². The lowest BCUT2D eigenvalue weighted by Crippen LogP contribution is -2.42. The van der Waals surface area contributed by atoms with Gasteiger partial charge in [-0.2, -0.15) is 0 Å². The van der Waals surface area contributed by atoms with Crippen molar-refractivity contribution in [3.8, 4) is 0 Å². The average Bonchev–Trinajstić information content (AvgIpc) is 2.85. The van der Waals surface area contributed by atoms with Crippen molar-refractivity contribution in [1.29, 1.82) is 0 Å². The first-order valence-corrected chi connectivity index (χ1v) is 7.04. The van der Waals surface area contributed by atoms with Crippen LogP contribution in [0.2, 0.25) is 0 Å². The molecule has 0 N–H and O–H groups in total. The van der Waals surface area contributed by atoms with Crippen LogP contribution in [0.4, 0.5) is 0 Å². The molecule has 1 aromatic rings. The van der Waals surface area contributed by atoms with E-state index in [2.05, 4.69) is 6.92 Å². The fraction of sp³-hybridized carbons (Fsp3) is 0.500. The Balaban J connectivity index is 2.23. The smallest absolute Gasteiger partial charge is 0.323 e. The predicted molar refractivity (Wildman–Crippen MR) is 76.0 cm³/mol. The number of ether oxygens (including phenoxy) is 1. The summed E-state index contributed by atoms with van der Waals surface area (Å²) in [6.45, 7) is 2.65. The van der Waals surface area contributed by atoms with Gasteiger partial charge in [0.25, 0.3) is 0 Å². The molecule has 1 fully saturated rings.